The van der Waals surface area contributed by atoms with Crippen LogP contribution in [0.2, 0.25) is 0 Å². The molecule has 0 amide bonds. The number of nitrogens with one attached hydrogen (secondary N) is 1. The van der Waals surface area contributed by atoms with Crippen LogP contribution in [-0.4, -0.2) is 13.1 Å². The van der Waals surface area contributed by atoms with Gasteiger partial charge in [0.1, 0.15) is 0 Å². The second kappa shape index (κ2) is 11.4. The maximum Gasteiger partial charge on any atom is 2.00 e. The third kappa shape index (κ3) is 8.65. The Labute approximate surface area is 73.9 Å². The van der Waals surface area contributed by atoms with Crippen LogP contribution >= 0.6 is 0 Å². The van der Waals surface area contributed by atoms with Gasteiger partial charge in [0.15, 0.2) is 0 Å². The van der Waals surface area contributed by atoms with Crippen molar-refractivity contribution in [2.45, 2.75) is 19.3 Å². The standard InChI is InChI=1S/C5H11N.2CH3.W/c1-2-4-6-5-3-1;;;/h6H,1-5H2;2*1H3;/q;2*-1;+2. The molecule has 1 aliphatic rings. The number of hydrogen-bond donors (Lipinski definition) is 1. The van der Waals surface area contributed by atoms with E-state index in [1.807, 2.05) is 0 Å². The van der Waals surface area contributed by atoms with E-state index in [4.69, 9.17) is 0 Å². The van der Waals surface area contributed by atoms with Crippen molar-refractivity contribution in [3.05, 3.63) is 14.9 Å². The summed E-state index contributed by atoms with van der Waals surface area (Å²) in [5.41, 5.74) is 0. The van der Waals surface area contributed by atoms with Gasteiger partial charge in [0, 0.05) is 0 Å². The molecule has 0 aromatic rings. The zero-order valence-electron chi connectivity index (χ0n) is 6.44. The van der Waals surface area contributed by atoms with Gasteiger partial charge in [0.25, 0.3) is 0 Å². The molecule has 0 unspecified atom stereocenters. The first-order valence-electron chi connectivity index (χ1n) is 2.71. The van der Waals surface area contributed by atoms with Crippen LogP contribution < -0.4 is 5.32 Å². The Balaban J connectivity index is -0.000000120. The van der Waals surface area contributed by atoms with Crippen LogP contribution in [0.15, 0.2) is 0 Å². The van der Waals surface area contributed by atoms with Crippen LogP contribution in [0.5, 0.6) is 0 Å². The Morgan fingerprint density at radius 2 is 1.22 bits per heavy atom. The summed E-state index contributed by atoms with van der Waals surface area (Å²) in [5.74, 6) is 0. The molecular weight excluding hydrogens is 282 g/mol. The number of piperidine rings is 1. The topological polar surface area (TPSA) is 12.0 Å². The molecule has 0 aliphatic carbocycles. The molecule has 1 aliphatic heterocycles. The molecule has 2 heteroatoms. The van der Waals surface area contributed by atoms with Crippen LogP contribution in [0.25, 0.3) is 0 Å². The van der Waals surface area contributed by atoms with Crippen LogP contribution in [0.4, 0.5) is 0 Å². The van der Waals surface area contributed by atoms with E-state index in [2.05, 4.69) is 5.32 Å². The third-order valence-electron chi connectivity index (χ3n) is 1.21. The maximum absolute atomic E-state index is 3.28. The molecule has 0 bridgehead atoms. The summed E-state index contributed by atoms with van der Waals surface area (Å²) >= 11 is 0. The molecule has 0 aromatic heterocycles. The van der Waals surface area contributed by atoms with Crippen molar-refractivity contribution in [2.24, 2.45) is 0 Å². The molecule has 1 saturated heterocycles. The summed E-state index contributed by atoms with van der Waals surface area (Å²) in [7, 11) is 0. The largest absolute Gasteiger partial charge is 2.00 e. The van der Waals surface area contributed by atoms with Crippen LogP contribution in [0.1, 0.15) is 19.3 Å². The first-order valence-corrected chi connectivity index (χ1v) is 2.71. The zero-order chi connectivity index (χ0) is 4.24. The normalized spacial score (nSPS) is 16.0. The molecule has 1 N–H and O–H groups in total. The van der Waals surface area contributed by atoms with Gasteiger partial charge in [-0.05, 0) is 25.9 Å². The van der Waals surface area contributed by atoms with Gasteiger partial charge in [-0.25, -0.2) is 0 Å². The van der Waals surface area contributed by atoms with E-state index in [1.54, 1.807) is 0 Å². The molecule has 1 nitrogen and oxygen atoms in total. The minimum absolute atomic E-state index is 0. The van der Waals surface area contributed by atoms with Crippen molar-refractivity contribution >= 4 is 0 Å². The Bertz CT molecular complexity index is 24.4. The monoisotopic (exact) mass is 299 g/mol. The van der Waals surface area contributed by atoms with E-state index in [1.165, 1.54) is 32.4 Å². The molecule has 0 saturated carbocycles. The summed E-state index contributed by atoms with van der Waals surface area (Å²) in [6.07, 6.45) is 4.22. The van der Waals surface area contributed by atoms with E-state index in [0.29, 0.717) is 0 Å². The summed E-state index contributed by atoms with van der Waals surface area (Å²) in [4.78, 5) is 0. The summed E-state index contributed by atoms with van der Waals surface area (Å²) < 4.78 is 0. The van der Waals surface area contributed by atoms with Crippen LogP contribution in [-0.2, 0) is 21.1 Å². The molecule has 1 heterocycles. The third-order valence-corrected chi connectivity index (χ3v) is 1.21. The minimum atomic E-state index is 0. The quantitative estimate of drug-likeness (QED) is 0.671. The molecule has 56 valence electrons. The van der Waals surface area contributed by atoms with E-state index in [9.17, 15) is 0 Å². The van der Waals surface area contributed by atoms with Gasteiger partial charge in [-0.2, -0.15) is 0 Å². The average Bonchev–Trinajstić information content (AvgIpc) is 1.72. The van der Waals surface area contributed by atoms with Crippen molar-refractivity contribution in [1.82, 2.24) is 5.32 Å². The Hall–Kier alpha value is 0.648. The fourth-order valence-electron chi connectivity index (χ4n) is 0.802. The van der Waals surface area contributed by atoms with Crippen molar-refractivity contribution < 1.29 is 21.1 Å². The minimum Gasteiger partial charge on any atom is -0.358 e. The number of hydrogen-bond acceptors (Lipinski definition) is 1. The summed E-state index contributed by atoms with van der Waals surface area (Å²) in [5, 5.41) is 3.28. The summed E-state index contributed by atoms with van der Waals surface area (Å²) in [6.45, 7) is 2.50. The molecule has 1 fully saturated rings. The second-order valence-electron chi connectivity index (χ2n) is 1.81. The van der Waals surface area contributed by atoms with Gasteiger partial charge in [0.2, 0.25) is 0 Å². The van der Waals surface area contributed by atoms with Crippen LogP contribution in [0.3, 0.4) is 0 Å². The Morgan fingerprint density at radius 3 is 1.33 bits per heavy atom. The second-order valence-corrected chi connectivity index (χ2v) is 1.81. The van der Waals surface area contributed by atoms with Gasteiger partial charge in [-0.3, -0.25) is 0 Å². The molecular formula is C7H17NW. The molecule has 0 spiro atoms. The first-order chi connectivity index (χ1) is 3.00. The van der Waals surface area contributed by atoms with Crippen molar-refractivity contribution in [3.8, 4) is 0 Å². The summed E-state index contributed by atoms with van der Waals surface area (Å²) in [6, 6.07) is 0. The van der Waals surface area contributed by atoms with E-state index in [-0.39, 0.29) is 35.9 Å². The fourth-order valence-corrected chi connectivity index (χ4v) is 0.802. The SMILES string of the molecule is C1CCNCC1.[CH3-].[CH3-].[W+2]. The van der Waals surface area contributed by atoms with Gasteiger partial charge >= 0.3 is 21.1 Å². The van der Waals surface area contributed by atoms with Gasteiger partial charge in [-0.1, -0.05) is 6.42 Å². The van der Waals surface area contributed by atoms with E-state index < -0.39 is 0 Å². The molecule has 9 heavy (non-hydrogen) atoms. The molecule has 1 rings (SSSR count). The predicted molar refractivity (Wildman–Crippen MR) is 39.5 cm³/mol. The first kappa shape index (κ1) is 16.3. The van der Waals surface area contributed by atoms with Gasteiger partial charge in [-0.15, -0.1) is 0 Å². The van der Waals surface area contributed by atoms with E-state index >= 15 is 0 Å². The van der Waals surface area contributed by atoms with E-state index in [0.717, 1.165) is 0 Å². The van der Waals surface area contributed by atoms with Crippen LogP contribution in [0, 0.1) is 14.9 Å². The molecule has 0 radical (unpaired) electrons. The number of rotatable bonds is 0. The van der Waals surface area contributed by atoms with Crippen molar-refractivity contribution in [3.63, 3.8) is 0 Å². The molecule has 0 atom stereocenters. The average molecular weight is 299 g/mol. The van der Waals surface area contributed by atoms with Gasteiger partial charge < -0.3 is 20.2 Å². The maximum atomic E-state index is 3.28. The predicted octanol–water partition coefficient (Wildman–Crippen LogP) is 1.66. The zero-order valence-corrected chi connectivity index (χ0v) is 9.38. The Kier molecular flexibility index (Phi) is 20.8. The molecule has 0 aromatic carbocycles. The van der Waals surface area contributed by atoms with Crippen molar-refractivity contribution in [2.75, 3.05) is 13.1 Å². The smallest absolute Gasteiger partial charge is 0.358 e. The Morgan fingerprint density at radius 1 is 0.778 bits per heavy atom. The van der Waals surface area contributed by atoms with Crippen molar-refractivity contribution in [1.29, 1.82) is 0 Å². The fraction of sp³-hybridized carbons (Fsp3) is 0.714. The van der Waals surface area contributed by atoms with Gasteiger partial charge in [0.05, 0.1) is 0 Å².